The number of hydrogen-bond acceptors (Lipinski definition) is 5. The lowest BCUT2D eigenvalue weighted by atomic mass is 10.1. The van der Waals surface area contributed by atoms with E-state index >= 15 is 0 Å². The van der Waals surface area contributed by atoms with Crippen molar-refractivity contribution in [3.05, 3.63) is 77.6 Å². The third-order valence-corrected chi connectivity index (χ3v) is 8.36. The molecule has 1 atom stereocenters. The smallest absolute Gasteiger partial charge is 0.312 e. The van der Waals surface area contributed by atoms with Crippen LogP contribution in [0.2, 0.25) is 5.02 Å². The number of halogens is 7. The zero-order chi connectivity index (χ0) is 32.7. The molecular formula is C28H26ClF6N5O3S. The van der Waals surface area contributed by atoms with E-state index in [1.54, 1.807) is 11.8 Å². The highest BCUT2D eigenvalue weighted by molar-refractivity contribution is 8.45. The Bertz CT molecular complexity index is 1670. The van der Waals surface area contributed by atoms with Crippen molar-refractivity contribution < 1.29 is 38.5 Å². The molecule has 2 amide bonds. The molecule has 1 fully saturated rings. The van der Waals surface area contributed by atoms with Crippen LogP contribution in [-0.4, -0.2) is 70.8 Å². The Kier molecular flexibility index (Phi) is 8.20. The summed E-state index contributed by atoms with van der Waals surface area (Å²) in [6.45, 7) is 5.74. The number of phenols is 1. The molecule has 2 heterocycles. The zero-order valence-corrected chi connectivity index (χ0v) is 24.8. The van der Waals surface area contributed by atoms with E-state index in [9.17, 15) is 38.5 Å². The van der Waals surface area contributed by atoms with Crippen molar-refractivity contribution in [3.63, 3.8) is 0 Å². The van der Waals surface area contributed by atoms with Gasteiger partial charge in [0.2, 0.25) is 12.3 Å². The standard InChI is InChI=1S/C28H26ClF6N5O3S/c1-4-24(43)38-12-13-39(17(2)15-38)27(36-3)18-14-19(29)26(25-20(30)8-7-10-22(25)42)37-28(18)40(16-41)21-9-5-6-11-23(21)44(31,32,33,34)35/h4-11,14,16-17,42H,1,12-13,15H2,2-3H3/b36-27+. The Morgan fingerprint density at radius 1 is 1.16 bits per heavy atom. The van der Waals surface area contributed by atoms with E-state index in [0.29, 0.717) is 6.07 Å². The molecule has 2 aromatic carbocycles. The summed E-state index contributed by atoms with van der Waals surface area (Å²) in [5.41, 5.74) is -2.46. The number of anilines is 2. The number of carbonyl (C=O) groups excluding carboxylic acids is 2. The Labute approximate surface area is 253 Å². The number of phenolic OH excluding ortho intramolecular Hbond substituents is 1. The van der Waals surface area contributed by atoms with Gasteiger partial charge in [-0.25, -0.2) is 9.37 Å². The molecule has 0 spiro atoms. The Morgan fingerprint density at radius 2 is 1.84 bits per heavy atom. The van der Waals surface area contributed by atoms with Crippen molar-refractivity contribution in [2.24, 2.45) is 4.99 Å². The van der Waals surface area contributed by atoms with Crippen LogP contribution in [0, 0.1) is 5.82 Å². The van der Waals surface area contributed by atoms with Crippen LogP contribution in [0.15, 0.2) is 71.1 Å². The van der Waals surface area contributed by atoms with Crippen LogP contribution in [0.1, 0.15) is 12.5 Å². The van der Waals surface area contributed by atoms with Crippen LogP contribution < -0.4 is 4.90 Å². The van der Waals surface area contributed by atoms with Gasteiger partial charge in [0.05, 0.1) is 27.5 Å². The van der Waals surface area contributed by atoms with Crippen molar-refractivity contribution in [3.8, 4) is 17.0 Å². The molecule has 4 rings (SSSR count). The molecule has 1 unspecified atom stereocenters. The Morgan fingerprint density at radius 3 is 2.41 bits per heavy atom. The highest BCUT2D eigenvalue weighted by Gasteiger charge is 2.67. The summed E-state index contributed by atoms with van der Waals surface area (Å²) in [4.78, 5) is 34.3. The van der Waals surface area contributed by atoms with Gasteiger partial charge in [-0.3, -0.25) is 19.5 Å². The van der Waals surface area contributed by atoms with E-state index in [4.69, 9.17) is 11.6 Å². The molecule has 0 aliphatic carbocycles. The van der Waals surface area contributed by atoms with Gasteiger partial charge in [-0.15, -0.1) is 0 Å². The van der Waals surface area contributed by atoms with Gasteiger partial charge in [0.15, 0.2) is 5.82 Å². The fourth-order valence-electron chi connectivity index (χ4n) is 4.96. The van der Waals surface area contributed by atoms with Gasteiger partial charge >= 0.3 is 10.2 Å². The predicted molar refractivity (Wildman–Crippen MR) is 158 cm³/mol. The third kappa shape index (κ3) is 6.33. The van der Waals surface area contributed by atoms with Crippen molar-refractivity contribution in [1.29, 1.82) is 0 Å². The molecule has 8 nitrogen and oxygen atoms in total. The molecule has 1 N–H and O–H groups in total. The molecule has 236 valence electrons. The molecule has 3 aromatic rings. The van der Waals surface area contributed by atoms with E-state index in [-0.39, 0.29) is 59.3 Å². The van der Waals surface area contributed by atoms with Gasteiger partial charge in [-0.2, -0.15) is 0 Å². The number of pyridine rings is 1. The van der Waals surface area contributed by atoms with E-state index in [1.165, 1.54) is 18.0 Å². The molecule has 0 bridgehead atoms. The molecule has 1 saturated heterocycles. The zero-order valence-electron chi connectivity index (χ0n) is 23.2. The Hall–Kier alpha value is -4.24. The van der Waals surface area contributed by atoms with Crippen LogP contribution in [-0.2, 0) is 9.59 Å². The first-order valence-electron chi connectivity index (χ1n) is 12.8. The number of rotatable bonds is 7. The van der Waals surface area contributed by atoms with Crippen LogP contribution in [0.25, 0.3) is 11.3 Å². The highest BCUT2D eigenvalue weighted by atomic mass is 35.5. The van der Waals surface area contributed by atoms with Gasteiger partial charge in [0.1, 0.15) is 22.3 Å². The predicted octanol–water partition coefficient (Wildman–Crippen LogP) is 7.29. The van der Waals surface area contributed by atoms with Crippen molar-refractivity contribution in [2.75, 3.05) is 31.6 Å². The lowest BCUT2D eigenvalue weighted by molar-refractivity contribution is -0.128. The number of para-hydroxylation sites is 1. The molecule has 1 aromatic heterocycles. The number of benzene rings is 2. The minimum Gasteiger partial charge on any atom is -0.507 e. The summed E-state index contributed by atoms with van der Waals surface area (Å²) in [6.07, 6.45) is 0.998. The first-order chi connectivity index (χ1) is 20.4. The minimum atomic E-state index is -10.4. The average molecular weight is 662 g/mol. The first-order valence-corrected chi connectivity index (χ1v) is 15.2. The first kappa shape index (κ1) is 32.7. The van der Waals surface area contributed by atoms with E-state index in [0.717, 1.165) is 36.4 Å². The number of hydrogen-bond donors (Lipinski definition) is 1. The molecule has 16 heteroatoms. The maximum absolute atomic E-state index is 14.9. The molecule has 1 aliphatic heterocycles. The number of aliphatic imine (C=N–C) groups is 1. The van der Waals surface area contributed by atoms with Gasteiger partial charge in [-0.05, 0) is 43.3 Å². The number of carbonyl (C=O) groups is 2. The van der Waals surface area contributed by atoms with Crippen LogP contribution in [0.4, 0.5) is 35.3 Å². The van der Waals surface area contributed by atoms with Gasteiger partial charge < -0.3 is 14.9 Å². The van der Waals surface area contributed by atoms with Gasteiger partial charge in [-0.1, -0.05) is 55.8 Å². The maximum Gasteiger partial charge on any atom is 0.312 e. The minimum absolute atomic E-state index is 0.0357. The Balaban J connectivity index is 2.01. The van der Waals surface area contributed by atoms with Crippen LogP contribution >= 0.6 is 21.8 Å². The van der Waals surface area contributed by atoms with Crippen molar-refractivity contribution >= 4 is 51.5 Å². The van der Waals surface area contributed by atoms with Crippen LogP contribution in [0.5, 0.6) is 5.75 Å². The van der Waals surface area contributed by atoms with Gasteiger partial charge in [0, 0.05) is 32.7 Å². The van der Waals surface area contributed by atoms with E-state index < -0.39 is 55.5 Å². The second-order valence-electron chi connectivity index (χ2n) is 9.81. The number of aromatic nitrogens is 1. The number of piperazine rings is 1. The fourth-order valence-corrected chi connectivity index (χ4v) is 6.10. The van der Waals surface area contributed by atoms with E-state index in [2.05, 4.69) is 16.6 Å². The largest absolute Gasteiger partial charge is 0.507 e. The normalized spacial score (nSPS) is 17.5. The SMILES string of the molecule is C=CC(=O)N1CCN(/C(=N/C)c2cc(Cl)c(-c3c(O)cccc3F)nc2N(C=O)c2ccccc2S(F)(F)(F)(F)F)C(C)C1. The van der Waals surface area contributed by atoms with E-state index in [1.807, 2.05) is 0 Å². The summed E-state index contributed by atoms with van der Waals surface area (Å²) in [5.74, 6) is -2.60. The summed E-state index contributed by atoms with van der Waals surface area (Å²) in [5, 5.41) is 10.1. The van der Waals surface area contributed by atoms with Crippen molar-refractivity contribution in [1.82, 2.24) is 14.8 Å². The summed E-state index contributed by atoms with van der Waals surface area (Å²) >= 11 is 6.50. The molecule has 0 radical (unpaired) electrons. The molecule has 44 heavy (non-hydrogen) atoms. The van der Waals surface area contributed by atoms with Crippen molar-refractivity contribution in [2.45, 2.75) is 17.9 Å². The second kappa shape index (κ2) is 11.0. The molecule has 1 aliphatic rings. The number of amidine groups is 1. The highest BCUT2D eigenvalue weighted by Crippen LogP contribution is 3.03. The molecular weight excluding hydrogens is 636 g/mol. The van der Waals surface area contributed by atoms with Gasteiger partial charge in [0.25, 0.3) is 0 Å². The summed E-state index contributed by atoms with van der Waals surface area (Å²) in [7, 11) is -9.05. The second-order valence-corrected chi connectivity index (χ2v) is 12.6. The monoisotopic (exact) mass is 661 g/mol. The number of amides is 2. The maximum atomic E-state index is 14.9. The lowest BCUT2D eigenvalue weighted by Gasteiger charge is -2.43. The summed E-state index contributed by atoms with van der Waals surface area (Å²) in [6, 6.07) is 6.50. The number of aromatic hydroxyl groups is 1. The lowest BCUT2D eigenvalue weighted by Crippen LogP contribution is -2.55. The number of nitrogens with zero attached hydrogens (tertiary/aromatic N) is 5. The average Bonchev–Trinajstić information content (AvgIpc) is 2.94. The summed E-state index contributed by atoms with van der Waals surface area (Å²) < 4.78 is 85.9. The van der Waals surface area contributed by atoms with Crippen LogP contribution in [0.3, 0.4) is 0 Å². The third-order valence-electron chi connectivity index (χ3n) is 6.90. The quantitative estimate of drug-likeness (QED) is 0.0945. The molecule has 0 saturated carbocycles. The topological polar surface area (TPSA) is 89.3 Å². The fraction of sp³-hybridized carbons (Fsp3) is 0.214.